The number of hydrogen-bond donors (Lipinski definition) is 1. The van der Waals surface area contributed by atoms with E-state index >= 15 is 0 Å². The van der Waals surface area contributed by atoms with E-state index in [0.717, 1.165) is 11.3 Å². The second-order valence-corrected chi connectivity index (χ2v) is 4.35. The molecule has 2 heterocycles. The molecule has 2 aliphatic rings. The third kappa shape index (κ3) is 2.40. The topological polar surface area (TPSA) is 74.2 Å². The van der Waals surface area contributed by atoms with Crippen LogP contribution in [0.4, 0.5) is 0 Å². The van der Waals surface area contributed by atoms with E-state index in [4.69, 9.17) is 4.74 Å². The number of carbonyl (C=O) groups excluding carboxylic acids is 2. The summed E-state index contributed by atoms with van der Waals surface area (Å²) < 4.78 is 4.88. The number of allylic oxidation sites excluding steroid dienone is 1. The average Bonchev–Trinajstić information content (AvgIpc) is 2.73. The van der Waals surface area contributed by atoms with Crippen molar-refractivity contribution in [1.82, 2.24) is 15.4 Å². The molecule has 19 heavy (non-hydrogen) atoms. The van der Waals surface area contributed by atoms with Crippen molar-refractivity contribution in [2.24, 2.45) is 5.10 Å². The minimum atomic E-state index is -0.594. The van der Waals surface area contributed by atoms with Gasteiger partial charge in [-0.3, -0.25) is 20.0 Å². The lowest BCUT2D eigenvalue weighted by atomic mass is 10.0. The normalized spacial score (nSPS) is 21.6. The van der Waals surface area contributed by atoms with Gasteiger partial charge in [0.1, 0.15) is 12.9 Å². The summed E-state index contributed by atoms with van der Waals surface area (Å²) in [4.78, 5) is 23.9. The Labute approximate surface area is 111 Å². The van der Waals surface area contributed by atoms with Crippen molar-refractivity contribution in [3.05, 3.63) is 11.3 Å². The highest BCUT2D eigenvalue weighted by atomic mass is 16.5. The van der Waals surface area contributed by atoms with Gasteiger partial charge in [-0.1, -0.05) is 6.92 Å². The number of fused-ring (bicyclic) bond motifs is 1. The molecule has 7 heteroatoms. The molecule has 1 N–H and O–H groups in total. The Morgan fingerprint density at radius 3 is 2.89 bits per heavy atom. The molecule has 0 fully saturated rings. The van der Waals surface area contributed by atoms with E-state index in [2.05, 4.69) is 10.5 Å². The summed E-state index contributed by atoms with van der Waals surface area (Å²) in [6.07, 6.45) is 1.57. The number of esters is 1. The molecular formula is C12H18N4O3. The molecule has 1 unspecified atom stereocenters. The Morgan fingerprint density at radius 1 is 1.53 bits per heavy atom. The lowest BCUT2D eigenvalue weighted by Gasteiger charge is -2.34. The first-order valence-corrected chi connectivity index (χ1v) is 6.33. The number of ketones is 1. The molecule has 0 spiro atoms. The smallest absolute Gasteiger partial charge is 0.327 e. The lowest BCUT2D eigenvalue weighted by Crippen LogP contribution is -2.56. The molecule has 0 bridgehead atoms. The average molecular weight is 266 g/mol. The fourth-order valence-electron chi connectivity index (χ4n) is 2.25. The quantitative estimate of drug-likeness (QED) is 0.733. The maximum absolute atomic E-state index is 12.4. The molecule has 0 aromatic heterocycles. The molecule has 1 atom stereocenters. The molecule has 7 nitrogen and oxygen atoms in total. The first kappa shape index (κ1) is 13.4. The lowest BCUT2D eigenvalue weighted by molar-refractivity contribution is -0.146. The number of hydrazone groups is 1. The van der Waals surface area contributed by atoms with Gasteiger partial charge >= 0.3 is 5.97 Å². The first-order chi connectivity index (χ1) is 9.08. The molecule has 104 valence electrons. The zero-order valence-electron chi connectivity index (χ0n) is 11.3. The van der Waals surface area contributed by atoms with Gasteiger partial charge in [-0.2, -0.15) is 5.10 Å². The van der Waals surface area contributed by atoms with Gasteiger partial charge in [-0.15, -0.1) is 0 Å². The number of Topliss-reactive ketones (excluding diaryl/α,β-unsaturated/α-hetero) is 1. The van der Waals surface area contributed by atoms with Crippen molar-refractivity contribution < 1.29 is 14.3 Å². The van der Waals surface area contributed by atoms with Gasteiger partial charge in [-0.05, 0) is 20.3 Å². The monoisotopic (exact) mass is 266 g/mol. The van der Waals surface area contributed by atoms with Crippen molar-refractivity contribution in [2.45, 2.75) is 33.4 Å². The number of ether oxygens (including phenoxy) is 1. The second-order valence-electron chi connectivity index (χ2n) is 4.35. The molecule has 0 radical (unpaired) electrons. The van der Waals surface area contributed by atoms with Gasteiger partial charge in [-0.25, -0.2) is 5.01 Å². The van der Waals surface area contributed by atoms with Crippen LogP contribution >= 0.6 is 0 Å². The highest BCUT2D eigenvalue weighted by molar-refractivity contribution is 6.02. The molecule has 2 rings (SSSR count). The summed E-state index contributed by atoms with van der Waals surface area (Å²) in [5.74, 6) is -0.417. The van der Waals surface area contributed by atoms with Gasteiger partial charge in [0.05, 0.1) is 6.61 Å². The minimum absolute atomic E-state index is 0.0273. The Kier molecular flexibility index (Phi) is 3.73. The third-order valence-corrected chi connectivity index (χ3v) is 3.10. The van der Waals surface area contributed by atoms with Crippen LogP contribution in [0.5, 0.6) is 0 Å². The zero-order valence-corrected chi connectivity index (χ0v) is 11.3. The van der Waals surface area contributed by atoms with Crippen molar-refractivity contribution in [3.8, 4) is 0 Å². The van der Waals surface area contributed by atoms with E-state index in [1.165, 1.54) is 11.3 Å². The highest BCUT2D eigenvalue weighted by Crippen LogP contribution is 2.23. The number of nitrogens with one attached hydrogen (secondary N) is 1. The largest absolute Gasteiger partial charge is 0.465 e. The maximum atomic E-state index is 12.4. The summed E-state index contributed by atoms with van der Waals surface area (Å²) in [6, 6.07) is 0. The van der Waals surface area contributed by atoms with Crippen molar-refractivity contribution in [3.63, 3.8) is 0 Å². The summed E-state index contributed by atoms with van der Waals surface area (Å²) in [6.45, 7) is 5.81. The number of hydrogen-bond acceptors (Lipinski definition) is 7. The van der Waals surface area contributed by atoms with Crippen LogP contribution in [0.25, 0.3) is 0 Å². The van der Waals surface area contributed by atoms with Crippen LogP contribution in [0.3, 0.4) is 0 Å². The molecule has 0 amide bonds. The van der Waals surface area contributed by atoms with Gasteiger partial charge in [0.15, 0.2) is 0 Å². The molecule has 0 aromatic carbocycles. The van der Waals surface area contributed by atoms with Crippen LogP contribution < -0.4 is 5.43 Å². The van der Waals surface area contributed by atoms with Gasteiger partial charge in [0.2, 0.25) is 11.9 Å². The fourth-order valence-corrected chi connectivity index (χ4v) is 2.25. The predicted molar refractivity (Wildman–Crippen MR) is 68.6 cm³/mol. The van der Waals surface area contributed by atoms with Crippen molar-refractivity contribution in [1.29, 1.82) is 0 Å². The highest BCUT2D eigenvalue weighted by Gasteiger charge is 2.40. The number of hydrazine groups is 1. The van der Waals surface area contributed by atoms with Crippen LogP contribution in [0.2, 0.25) is 0 Å². The third-order valence-electron chi connectivity index (χ3n) is 3.10. The Morgan fingerprint density at radius 2 is 2.26 bits per heavy atom. The van der Waals surface area contributed by atoms with E-state index < -0.39 is 12.1 Å². The van der Waals surface area contributed by atoms with Crippen molar-refractivity contribution >= 4 is 18.1 Å². The summed E-state index contributed by atoms with van der Waals surface area (Å²) in [5.41, 5.74) is 4.66. The summed E-state index contributed by atoms with van der Waals surface area (Å²) in [5, 5.41) is 7.13. The fraction of sp³-hybridized carbons (Fsp3) is 0.583. The Balaban J connectivity index is 2.13. The maximum Gasteiger partial charge on any atom is 0.327 e. The standard InChI is InChI=1S/C12H18N4O3/c1-4-9-8(3)14-16-7-13-15(12(16)11(9)18)6-10(17)19-5-2/h7,12,14H,4-6H2,1-3H3. The second kappa shape index (κ2) is 5.29. The molecule has 0 saturated carbocycles. The van der Waals surface area contributed by atoms with E-state index in [1.54, 1.807) is 11.9 Å². The molecule has 0 saturated heterocycles. The minimum Gasteiger partial charge on any atom is -0.465 e. The Hall–Kier alpha value is -2.05. The van der Waals surface area contributed by atoms with Gasteiger partial charge < -0.3 is 4.74 Å². The number of nitrogens with zero attached hydrogens (tertiary/aromatic N) is 3. The van der Waals surface area contributed by atoms with Gasteiger partial charge in [0.25, 0.3) is 0 Å². The molecule has 2 aliphatic heterocycles. The van der Waals surface area contributed by atoms with Crippen molar-refractivity contribution in [2.75, 3.05) is 13.2 Å². The zero-order chi connectivity index (χ0) is 14.0. The first-order valence-electron chi connectivity index (χ1n) is 6.33. The van der Waals surface area contributed by atoms with Crippen LogP contribution in [-0.2, 0) is 14.3 Å². The van der Waals surface area contributed by atoms with Crippen LogP contribution in [0.1, 0.15) is 27.2 Å². The van der Waals surface area contributed by atoms with Crippen LogP contribution in [0.15, 0.2) is 16.4 Å². The summed E-state index contributed by atoms with van der Waals surface area (Å²) in [7, 11) is 0. The van der Waals surface area contributed by atoms with Crippen LogP contribution in [-0.4, -0.2) is 47.4 Å². The molecule has 0 aromatic rings. The molecular weight excluding hydrogens is 248 g/mol. The summed E-state index contributed by atoms with van der Waals surface area (Å²) >= 11 is 0. The van der Waals surface area contributed by atoms with Crippen LogP contribution in [0, 0.1) is 0 Å². The number of rotatable bonds is 4. The van der Waals surface area contributed by atoms with E-state index in [0.29, 0.717) is 13.0 Å². The van der Waals surface area contributed by atoms with Gasteiger partial charge in [0, 0.05) is 11.3 Å². The SMILES string of the molecule is CCOC(=O)CN1N=CN2NC(C)=C(CC)C(=O)C12. The van der Waals surface area contributed by atoms with E-state index in [1.807, 2.05) is 13.8 Å². The van der Waals surface area contributed by atoms with E-state index in [9.17, 15) is 9.59 Å². The number of carbonyl (C=O) groups is 2. The molecule has 0 aliphatic carbocycles. The predicted octanol–water partition coefficient (Wildman–Crippen LogP) is 0.208. The Bertz CT molecular complexity index is 458. The van der Waals surface area contributed by atoms with E-state index in [-0.39, 0.29) is 12.3 Å².